The standard InChI is InChI=1S/C16H18O/c1-3-13-5-4-6-15(11-13)16(17)14-9-7-12(2)8-10-14/h4-11,16-17H,3H2,1-2H3. The summed E-state index contributed by atoms with van der Waals surface area (Å²) in [5, 5.41) is 10.3. The van der Waals surface area contributed by atoms with E-state index in [0.717, 1.165) is 17.5 Å². The van der Waals surface area contributed by atoms with Crippen LogP contribution < -0.4 is 0 Å². The molecule has 0 heterocycles. The van der Waals surface area contributed by atoms with Gasteiger partial charge >= 0.3 is 0 Å². The second kappa shape index (κ2) is 5.15. The number of aliphatic hydroxyl groups excluding tert-OH is 1. The Balaban J connectivity index is 2.29. The molecule has 0 fully saturated rings. The van der Waals surface area contributed by atoms with Gasteiger partial charge in [0.2, 0.25) is 0 Å². The molecule has 2 rings (SSSR count). The summed E-state index contributed by atoms with van der Waals surface area (Å²) >= 11 is 0. The van der Waals surface area contributed by atoms with Crippen LogP contribution in [0.2, 0.25) is 0 Å². The van der Waals surface area contributed by atoms with Crippen molar-refractivity contribution in [2.24, 2.45) is 0 Å². The number of hydrogen-bond donors (Lipinski definition) is 1. The van der Waals surface area contributed by atoms with Gasteiger partial charge in [-0.25, -0.2) is 0 Å². The molecule has 0 bridgehead atoms. The fourth-order valence-electron chi connectivity index (χ4n) is 1.92. The van der Waals surface area contributed by atoms with Crippen LogP contribution in [0.1, 0.15) is 35.3 Å². The van der Waals surface area contributed by atoms with Crippen molar-refractivity contribution in [3.8, 4) is 0 Å². The zero-order valence-corrected chi connectivity index (χ0v) is 10.4. The van der Waals surface area contributed by atoms with Gasteiger partial charge in [-0.3, -0.25) is 0 Å². The Morgan fingerprint density at radius 1 is 1.00 bits per heavy atom. The molecule has 0 aliphatic rings. The van der Waals surface area contributed by atoms with E-state index < -0.39 is 6.10 Å². The molecule has 2 aromatic rings. The summed E-state index contributed by atoms with van der Waals surface area (Å²) in [6.07, 6.45) is 0.469. The van der Waals surface area contributed by atoms with Gasteiger partial charge < -0.3 is 5.11 Å². The molecule has 17 heavy (non-hydrogen) atoms. The second-order valence-corrected chi connectivity index (χ2v) is 4.41. The maximum Gasteiger partial charge on any atom is 0.104 e. The van der Waals surface area contributed by atoms with E-state index in [-0.39, 0.29) is 0 Å². The first-order valence-electron chi connectivity index (χ1n) is 6.04. The minimum absolute atomic E-state index is 0.526. The average molecular weight is 226 g/mol. The van der Waals surface area contributed by atoms with Crippen molar-refractivity contribution in [3.63, 3.8) is 0 Å². The van der Waals surface area contributed by atoms with Crippen LogP contribution >= 0.6 is 0 Å². The van der Waals surface area contributed by atoms with Gasteiger partial charge in [-0.15, -0.1) is 0 Å². The van der Waals surface area contributed by atoms with Crippen molar-refractivity contribution in [1.29, 1.82) is 0 Å². The molecule has 1 heteroatoms. The lowest BCUT2D eigenvalue weighted by Gasteiger charge is -2.12. The molecular formula is C16H18O. The molecule has 1 atom stereocenters. The van der Waals surface area contributed by atoms with E-state index in [4.69, 9.17) is 0 Å². The van der Waals surface area contributed by atoms with Gasteiger partial charge in [0.25, 0.3) is 0 Å². The smallest absolute Gasteiger partial charge is 0.104 e. The Labute approximate surface area is 103 Å². The van der Waals surface area contributed by atoms with E-state index in [2.05, 4.69) is 19.1 Å². The molecule has 1 nitrogen and oxygen atoms in total. The van der Waals surface area contributed by atoms with E-state index in [0.29, 0.717) is 0 Å². The molecule has 0 amide bonds. The third-order valence-electron chi connectivity index (χ3n) is 3.07. The van der Waals surface area contributed by atoms with Crippen LogP contribution in [0.25, 0.3) is 0 Å². The first-order chi connectivity index (χ1) is 8.20. The lowest BCUT2D eigenvalue weighted by atomic mass is 9.98. The predicted octanol–water partition coefficient (Wildman–Crippen LogP) is 3.64. The Morgan fingerprint density at radius 2 is 1.71 bits per heavy atom. The Kier molecular flexibility index (Phi) is 3.60. The van der Waals surface area contributed by atoms with Gasteiger partial charge in [-0.05, 0) is 30.0 Å². The van der Waals surface area contributed by atoms with Gasteiger partial charge in [-0.1, -0.05) is 61.0 Å². The molecule has 2 aromatic carbocycles. The largest absolute Gasteiger partial charge is 0.384 e. The van der Waals surface area contributed by atoms with Gasteiger partial charge in [0.15, 0.2) is 0 Å². The highest BCUT2D eigenvalue weighted by atomic mass is 16.3. The molecule has 1 N–H and O–H groups in total. The third kappa shape index (κ3) is 2.75. The highest BCUT2D eigenvalue weighted by Crippen LogP contribution is 2.23. The summed E-state index contributed by atoms with van der Waals surface area (Å²) < 4.78 is 0. The van der Waals surface area contributed by atoms with Crippen LogP contribution in [0.4, 0.5) is 0 Å². The van der Waals surface area contributed by atoms with Gasteiger partial charge in [0.05, 0.1) is 0 Å². The topological polar surface area (TPSA) is 20.2 Å². The second-order valence-electron chi connectivity index (χ2n) is 4.41. The van der Waals surface area contributed by atoms with Gasteiger partial charge in [0, 0.05) is 0 Å². The Morgan fingerprint density at radius 3 is 2.35 bits per heavy atom. The summed E-state index contributed by atoms with van der Waals surface area (Å²) in [4.78, 5) is 0. The van der Waals surface area contributed by atoms with E-state index >= 15 is 0 Å². The molecule has 0 aliphatic carbocycles. The van der Waals surface area contributed by atoms with Crippen LogP contribution in [-0.2, 0) is 6.42 Å². The molecule has 0 aromatic heterocycles. The molecule has 0 aliphatic heterocycles. The lowest BCUT2D eigenvalue weighted by Crippen LogP contribution is -2.00. The van der Waals surface area contributed by atoms with Crippen LogP contribution in [0.5, 0.6) is 0 Å². The number of hydrogen-bond acceptors (Lipinski definition) is 1. The minimum atomic E-state index is -0.526. The zero-order valence-electron chi connectivity index (χ0n) is 10.4. The van der Waals surface area contributed by atoms with E-state index in [1.54, 1.807) is 0 Å². The highest BCUT2D eigenvalue weighted by Gasteiger charge is 2.09. The summed E-state index contributed by atoms with van der Waals surface area (Å²) in [5.74, 6) is 0. The van der Waals surface area contributed by atoms with Crippen molar-refractivity contribution in [2.45, 2.75) is 26.4 Å². The first kappa shape index (κ1) is 11.9. The van der Waals surface area contributed by atoms with Crippen LogP contribution in [-0.4, -0.2) is 5.11 Å². The SMILES string of the molecule is CCc1cccc(C(O)c2ccc(C)cc2)c1. The fraction of sp³-hybridized carbons (Fsp3) is 0.250. The average Bonchev–Trinajstić information content (AvgIpc) is 2.39. The molecule has 0 saturated heterocycles. The normalized spacial score (nSPS) is 12.4. The Bertz CT molecular complexity index is 485. The summed E-state index contributed by atoms with van der Waals surface area (Å²) in [6, 6.07) is 16.2. The molecule has 1 unspecified atom stereocenters. The zero-order chi connectivity index (χ0) is 12.3. The quantitative estimate of drug-likeness (QED) is 0.847. The number of aliphatic hydroxyl groups is 1. The van der Waals surface area contributed by atoms with Crippen LogP contribution in [0.15, 0.2) is 48.5 Å². The van der Waals surface area contributed by atoms with Crippen molar-refractivity contribution in [1.82, 2.24) is 0 Å². The maximum atomic E-state index is 10.3. The molecule has 0 spiro atoms. The summed E-state index contributed by atoms with van der Waals surface area (Å²) in [7, 11) is 0. The van der Waals surface area contributed by atoms with Gasteiger partial charge in [0.1, 0.15) is 6.10 Å². The molecule has 0 saturated carbocycles. The molecule has 88 valence electrons. The van der Waals surface area contributed by atoms with E-state index in [9.17, 15) is 5.11 Å². The maximum absolute atomic E-state index is 10.3. The lowest BCUT2D eigenvalue weighted by molar-refractivity contribution is 0.220. The van der Waals surface area contributed by atoms with Crippen molar-refractivity contribution >= 4 is 0 Å². The summed E-state index contributed by atoms with van der Waals surface area (Å²) in [6.45, 7) is 4.17. The van der Waals surface area contributed by atoms with Crippen molar-refractivity contribution in [2.75, 3.05) is 0 Å². The number of rotatable bonds is 3. The van der Waals surface area contributed by atoms with Crippen molar-refractivity contribution < 1.29 is 5.11 Å². The first-order valence-corrected chi connectivity index (χ1v) is 6.04. The number of aryl methyl sites for hydroxylation is 2. The Hall–Kier alpha value is -1.60. The third-order valence-corrected chi connectivity index (χ3v) is 3.07. The highest BCUT2D eigenvalue weighted by molar-refractivity contribution is 5.33. The van der Waals surface area contributed by atoms with E-state index in [1.165, 1.54) is 11.1 Å². The summed E-state index contributed by atoms with van der Waals surface area (Å²) in [5.41, 5.74) is 4.38. The molecule has 0 radical (unpaired) electrons. The fourth-order valence-corrected chi connectivity index (χ4v) is 1.92. The van der Waals surface area contributed by atoms with Crippen molar-refractivity contribution in [3.05, 3.63) is 70.8 Å². The minimum Gasteiger partial charge on any atom is -0.384 e. The van der Waals surface area contributed by atoms with Crippen LogP contribution in [0, 0.1) is 6.92 Å². The predicted molar refractivity (Wildman–Crippen MR) is 71.1 cm³/mol. The van der Waals surface area contributed by atoms with Crippen LogP contribution in [0.3, 0.4) is 0 Å². The van der Waals surface area contributed by atoms with E-state index in [1.807, 2.05) is 43.3 Å². The monoisotopic (exact) mass is 226 g/mol. The number of benzene rings is 2. The molecular weight excluding hydrogens is 208 g/mol. The van der Waals surface area contributed by atoms with Gasteiger partial charge in [-0.2, -0.15) is 0 Å².